The summed E-state index contributed by atoms with van der Waals surface area (Å²) in [6, 6.07) is 0. The standard InChI is InChI=1S/C28H42O5/c1-18-15-21(30)16-20-7-8-22-23-9-10-25(33-19(2)29)26(23,3)14-11-24(22)28(18,20)17-32-27(31-4)12-5-6-13-27/h16,18,22-25H,5-15,17H2,1-4H3/t18-,22-,23-,24-,25-,26-,28-/m0/s1. The lowest BCUT2D eigenvalue weighted by molar-refractivity contribution is -0.244. The third-order valence-electron chi connectivity index (χ3n) is 10.7. The summed E-state index contributed by atoms with van der Waals surface area (Å²) in [6.07, 6.45) is 13.3. The van der Waals surface area contributed by atoms with Crippen molar-refractivity contribution < 1.29 is 23.8 Å². The molecule has 0 spiro atoms. The Balaban J connectivity index is 1.47. The molecule has 184 valence electrons. The van der Waals surface area contributed by atoms with E-state index in [2.05, 4.69) is 13.8 Å². The van der Waals surface area contributed by atoms with Gasteiger partial charge in [0.05, 0.1) is 6.61 Å². The quantitative estimate of drug-likeness (QED) is 0.396. The Morgan fingerprint density at radius 1 is 1.09 bits per heavy atom. The van der Waals surface area contributed by atoms with Crippen molar-refractivity contribution >= 4 is 11.8 Å². The van der Waals surface area contributed by atoms with Crippen molar-refractivity contribution in [3.8, 4) is 0 Å². The first-order valence-corrected chi connectivity index (χ1v) is 13.3. The van der Waals surface area contributed by atoms with Crippen molar-refractivity contribution in [3.63, 3.8) is 0 Å². The number of rotatable bonds is 5. The van der Waals surface area contributed by atoms with Crippen molar-refractivity contribution in [2.45, 2.75) is 103 Å². The van der Waals surface area contributed by atoms with Crippen molar-refractivity contribution in [3.05, 3.63) is 11.6 Å². The lowest BCUT2D eigenvalue weighted by atomic mass is 9.45. The van der Waals surface area contributed by atoms with E-state index in [1.54, 1.807) is 14.0 Å². The van der Waals surface area contributed by atoms with E-state index >= 15 is 0 Å². The molecule has 0 unspecified atom stereocenters. The zero-order valence-electron chi connectivity index (χ0n) is 21.0. The third-order valence-corrected chi connectivity index (χ3v) is 10.7. The summed E-state index contributed by atoms with van der Waals surface area (Å²) in [4.78, 5) is 24.4. The van der Waals surface area contributed by atoms with E-state index in [-0.39, 0.29) is 34.6 Å². The topological polar surface area (TPSA) is 61.8 Å². The third kappa shape index (κ3) is 3.64. The Morgan fingerprint density at radius 3 is 2.55 bits per heavy atom. The summed E-state index contributed by atoms with van der Waals surface area (Å²) < 4.78 is 18.5. The molecule has 5 rings (SSSR count). The molecule has 5 nitrogen and oxygen atoms in total. The highest BCUT2D eigenvalue weighted by Crippen LogP contribution is 2.67. The molecule has 0 heterocycles. The molecular formula is C28H42O5. The fourth-order valence-corrected chi connectivity index (χ4v) is 9.01. The van der Waals surface area contributed by atoms with Crippen molar-refractivity contribution in [1.82, 2.24) is 0 Å². The first-order chi connectivity index (χ1) is 15.7. The monoisotopic (exact) mass is 458 g/mol. The van der Waals surface area contributed by atoms with Gasteiger partial charge in [-0.05, 0) is 81.1 Å². The van der Waals surface area contributed by atoms with Gasteiger partial charge in [-0.3, -0.25) is 9.59 Å². The van der Waals surface area contributed by atoms with E-state index < -0.39 is 5.79 Å². The molecule has 7 atom stereocenters. The van der Waals surface area contributed by atoms with E-state index in [0.717, 1.165) is 64.2 Å². The normalized spacial score (nSPS) is 43.9. The predicted octanol–water partition coefficient (Wildman–Crippen LogP) is 5.61. The number of esters is 1. The van der Waals surface area contributed by atoms with E-state index in [1.165, 1.54) is 5.57 Å². The van der Waals surface area contributed by atoms with Gasteiger partial charge in [-0.1, -0.05) is 19.4 Å². The summed E-state index contributed by atoms with van der Waals surface area (Å²) in [5, 5.41) is 0. The van der Waals surface area contributed by atoms with Gasteiger partial charge < -0.3 is 14.2 Å². The lowest BCUT2D eigenvalue weighted by Gasteiger charge is -2.60. The Hall–Kier alpha value is -1.20. The molecule has 5 aliphatic carbocycles. The number of hydrogen-bond donors (Lipinski definition) is 0. The number of hydrogen-bond acceptors (Lipinski definition) is 5. The van der Waals surface area contributed by atoms with Gasteiger partial charge in [-0.15, -0.1) is 0 Å². The van der Waals surface area contributed by atoms with Gasteiger partial charge >= 0.3 is 5.97 Å². The largest absolute Gasteiger partial charge is 0.462 e. The molecule has 0 aromatic heterocycles. The van der Waals surface area contributed by atoms with Gasteiger partial charge in [0.15, 0.2) is 11.6 Å². The Morgan fingerprint density at radius 2 is 1.85 bits per heavy atom. The molecule has 0 aromatic rings. The Labute approximate surface area is 199 Å². The molecule has 0 amide bonds. The van der Waals surface area contributed by atoms with Crippen LogP contribution in [-0.2, 0) is 23.8 Å². The summed E-state index contributed by atoms with van der Waals surface area (Å²) in [7, 11) is 1.79. The van der Waals surface area contributed by atoms with Crippen LogP contribution >= 0.6 is 0 Å². The van der Waals surface area contributed by atoms with Gasteiger partial charge in [0, 0.05) is 44.1 Å². The lowest BCUT2D eigenvalue weighted by Crippen LogP contribution is -2.57. The van der Waals surface area contributed by atoms with Gasteiger partial charge in [0.25, 0.3) is 0 Å². The summed E-state index contributed by atoms with van der Waals surface area (Å²) in [5.74, 6) is 1.65. The summed E-state index contributed by atoms with van der Waals surface area (Å²) in [5.41, 5.74) is 1.34. The molecule has 0 N–H and O–H groups in total. The highest BCUT2D eigenvalue weighted by atomic mass is 16.7. The molecule has 4 saturated carbocycles. The van der Waals surface area contributed by atoms with Crippen LogP contribution in [0.5, 0.6) is 0 Å². The second-order valence-corrected chi connectivity index (χ2v) is 12.0. The minimum absolute atomic E-state index is 0.0469. The fraction of sp³-hybridized carbons (Fsp3) is 0.857. The maximum atomic E-state index is 12.6. The van der Waals surface area contributed by atoms with E-state index in [1.807, 2.05) is 6.08 Å². The van der Waals surface area contributed by atoms with Gasteiger partial charge in [-0.25, -0.2) is 0 Å². The van der Waals surface area contributed by atoms with Crippen molar-refractivity contribution in [1.29, 1.82) is 0 Å². The average Bonchev–Trinajstić information content (AvgIpc) is 3.37. The Kier molecular flexibility index (Phi) is 6.05. The molecule has 5 aliphatic rings. The van der Waals surface area contributed by atoms with Crippen LogP contribution in [-0.4, -0.2) is 37.4 Å². The number of methoxy groups -OCH3 is 1. The molecular weight excluding hydrogens is 416 g/mol. The zero-order valence-corrected chi connectivity index (χ0v) is 21.0. The first-order valence-electron chi connectivity index (χ1n) is 13.3. The highest BCUT2D eigenvalue weighted by molar-refractivity contribution is 5.92. The number of ketones is 1. The average molecular weight is 459 g/mol. The van der Waals surface area contributed by atoms with Crippen LogP contribution in [0.4, 0.5) is 0 Å². The SMILES string of the molecule is COC1(OC[C@@]23C(=CC(=O)C[C@@H]2C)CC[C@H]2[C@@H]4CC[C@H](OC(C)=O)[C@@]4(C)CC[C@@H]23)CCCC1. The maximum absolute atomic E-state index is 12.6. The second-order valence-electron chi connectivity index (χ2n) is 12.0. The fourth-order valence-electron chi connectivity index (χ4n) is 9.01. The number of ether oxygens (including phenoxy) is 3. The molecule has 5 heteroatoms. The maximum Gasteiger partial charge on any atom is 0.302 e. The van der Waals surface area contributed by atoms with E-state index in [9.17, 15) is 9.59 Å². The van der Waals surface area contributed by atoms with Gasteiger partial charge in [0.1, 0.15) is 6.10 Å². The van der Waals surface area contributed by atoms with Gasteiger partial charge in [0.2, 0.25) is 0 Å². The highest BCUT2D eigenvalue weighted by Gasteiger charge is 2.63. The number of carbonyl (C=O) groups excluding carboxylic acids is 2. The molecule has 0 aromatic carbocycles. The molecule has 33 heavy (non-hydrogen) atoms. The molecule has 0 radical (unpaired) electrons. The molecule has 0 aliphatic heterocycles. The van der Waals surface area contributed by atoms with E-state index in [0.29, 0.717) is 30.8 Å². The van der Waals surface area contributed by atoms with Crippen LogP contribution in [0.1, 0.15) is 91.4 Å². The van der Waals surface area contributed by atoms with Crippen LogP contribution in [0.15, 0.2) is 11.6 Å². The van der Waals surface area contributed by atoms with Crippen LogP contribution in [0, 0.1) is 34.5 Å². The molecule has 0 bridgehead atoms. The van der Waals surface area contributed by atoms with Crippen LogP contribution in [0.3, 0.4) is 0 Å². The smallest absolute Gasteiger partial charge is 0.302 e. The van der Waals surface area contributed by atoms with Crippen LogP contribution in [0.2, 0.25) is 0 Å². The van der Waals surface area contributed by atoms with Gasteiger partial charge in [-0.2, -0.15) is 0 Å². The Bertz CT molecular complexity index is 826. The van der Waals surface area contributed by atoms with E-state index in [4.69, 9.17) is 14.2 Å². The molecule has 4 fully saturated rings. The van der Waals surface area contributed by atoms with Crippen molar-refractivity contribution in [2.75, 3.05) is 13.7 Å². The minimum Gasteiger partial charge on any atom is -0.462 e. The minimum atomic E-state index is -0.453. The first kappa shape index (κ1) is 23.5. The van der Waals surface area contributed by atoms with Crippen LogP contribution in [0.25, 0.3) is 0 Å². The van der Waals surface area contributed by atoms with Crippen molar-refractivity contribution in [2.24, 2.45) is 34.5 Å². The summed E-state index contributed by atoms with van der Waals surface area (Å²) >= 11 is 0. The predicted molar refractivity (Wildman–Crippen MR) is 125 cm³/mol. The number of carbonyl (C=O) groups is 2. The number of fused-ring (bicyclic) bond motifs is 5. The molecule has 0 saturated heterocycles. The zero-order chi connectivity index (χ0) is 23.4. The van der Waals surface area contributed by atoms with Crippen LogP contribution < -0.4 is 0 Å². The second kappa shape index (κ2) is 8.48. The summed E-state index contributed by atoms with van der Waals surface area (Å²) in [6.45, 7) is 6.87.